The third kappa shape index (κ3) is 6.33. The van der Waals surface area contributed by atoms with Gasteiger partial charge in [-0.15, -0.1) is 41.3 Å². The Hall–Kier alpha value is -4.47. The molecule has 0 saturated carbocycles. The minimum absolute atomic E-state index is 0. The van der Waals surface area contributed by atoms with E-state index >= 15 is 0 Å². The number of aromatic nitrogens is 4. The molecule has 0 bridgehead atoms. The van der Waals surface area contributed by atoms with Crippen LogP contribution in [0, 0.1) is 39.8 Å². The number of aryl methyl sites for hydroxylation is 3. The summed E-state index contributed by atoms with van der Waals surface area (Å²) in [6.45, 7) is 21.9. The molecule has 3 heterocycles. The SMILES string of the molecule is Cc1cccc(C)c1-c1c(C)nn(-c2[c-]c(Oc3[c-]c4c(cc3)c3ccccc3n4-c3cc(C(C)(C)C)ccn3)cc(C(C)(C)C)c2)c1C.[Pt+2]. The molecule has 0 aliphatic carbocycles. The number of benzene rings is 4. The molecule has 4 aromatic carbocycles. The van der Waals surface area contributed by atoms with Crippen molar-refractivity contribution in [3.05, 3.63) is 131 Å². The molecule has 0 unspecified atom stereocenters. The van der Waals surface area contributed by atoms with Crippen LogP contribution in [0.4, 0.5) is 0 Å². The number of para-hydroxylation sites is 1. The fourth-order valence-corrected chi connectivity index (χ4v) is 6.88. The van der Waals surface area contributed by atoms with Crippen LogP contribution in [0.25, 0.3) is 44.4 Å². The molecule has 0 atom stereocenters. The van der Waals surface area contributed by atoms with E-state index in [9.17, 15) is 0 Å². The summed E-state index contributed by atoms with van der Waals surface area (Å²) >= 11 is 0. The van der Waals surface area contributed by atoms with Crippen molar-refractivity contribution in [1.29, 1.82) is 0 Å². The minimum atomic E-state index is -0.128. The predicted octanol–water partition coefficient (Wildman–Crippen LogP) is 11.3. The molecule has 3 aromatic heterocycles. The van der Waals surface area contributed by atoms with Crippen molar-refractivity contribution in [3.63, 3.8) is 0 Å². The first-order valence-corrected chi connectivity index (χ1v) is 17.0. The summed E-state index contributed by atoms with van der Waals surface area (Å²) in [6.07, 6.45) is 1.90. The van der Waals surface area contributed by atoms with Gasteiger partial charge in [-0.3, -0.25) is 4.68 Å². The summed E-state index contributed by atoms with van der Waals surface area (Å²) in [6, 6.07) is 34.8. The quantitative estimate of drug-likeness (QED) is 0.162. The van der Waals surface area contributed by atoms with Gasteiger partial charge in [-0.1, -0.05) is 83.5 Å². The molecule has 6 heteroatoms. The molecule has 50 heavy (non-hydrogen) atoms. The average Bonchev–Trinajstić information content (AvgIpc) is 3.53. The van der Waals surface area contributed by atoms with Crippen molar-refractivity contribution in [1.82, 2.24) is 19.3 Å². The second-order valence-corrected chi connectivity index (χ2v) is 15.3. The third-order valence-electron chi connectivity index (χ3n) is 9.56. The van der Waals surface area contributed by atoms with Crippen LogP contribution in [-0.4, -0.2) is 19.3 Å². The van der Waals surface area contributed by atoms with Crippen LogP contribution in [0.1, 0.15) is 75.2 Å². The molecule has 5 nitrogen and oxygen atoms in total. The number of nitrogens with zero attached hydrogens (tertiary/aromatic N) is 4. The van der Waals surface area contributed by atoms with E-state index < -0.39 is 0 Å². The zero-order chi connectivity index (χ0) is 34.8. The maximum absolute atomic E-state index is 6.66. The number of hydrogen-bond donors (Lipinski definition) is 0. The molecule has 0 saturated heterocycles. The summed E-state index contributed by atoms with van der Waals surface area (Å²) < 4.78 is 10.9. The van der Waals surface area contributed by atoms with Gasteiger partial charge < -0.3 is 9.30 Å². The Labute approximate surface area is 310 Å². The van der Waals surface area contributed by atoms with Gasteiger partial charge in [0, 0.05) is 34.5 Å². The normalized spacial score (nSPS) is 12.0. The Morgan fingerprint density at radius 2 is 1.36 bits per heavy atom. The van der Waals surface area contributed by atoms with Gasteiger partial charge in [-0.2, -0.15) is 11.2 Å². The van der Waals surface area contributed by atoms with E-state index in [0.717, 1.165) is 50.3 Å². The van der Waals surface area contributed by atoms with Gasteiger partial charge in [0.2, 0.25) is 0 Å². The second kappa shape index (κ2) is 13.0. The zero-order valence-electron chi connectivity index (χ0n) is 30.6. The maximum Gasteiger partial charge on any atom is 2.00 e. The molecular weight excluding hydrogens is 796 g/mol. The molecule has 0 amide bonds. The van der Waals surface area contributed by atoms with Gasteiger partial charge in [-0.25, -0.2) is 4.98 Å². The Kier molecular flexibility index (Phi) is 9.20. The Morgan fingerprint density at radius 3 is 2.06 bits per heavy atom. The summed E-state index contributed by atoms with van der Waals surface area (Å²) in [5.74, 6) is 2.09. The van der Waals surface area contributed by atoms with Gasteiger partial charge in [-0.05, 0) is 90.1 Å². The monoisotopic (exact) mass is 839 g/mol. The summed E-state index contributed by atoms with van der Waals surface area (Å²) in [5, 5.41) is 7.30. The van der Waals surface area contributed by atoms with Gasteiger partial charge in [0.25, 0.3) is 0 Å². The molecule has 0 N–H and O–H groups in total. The van der Waals surface area contributed by atoms with Crippen LogP contribution >= 0.6 is 0 Å². The molecular formula is C44H44N4OPt. The van der Waals surface area contributed by atoms with E-state index in [-0.39, 0.29) is 31.9 Å². The summed E-state index contributed by atoms with van der Waals surface area (Å²) in [5.41, 5.74) is 12.0. The zero-order valence-corrected chi connectivity index (χ0v) is 32.9. The molecule has 0 fully saturated rings. The Balaban J connectivity index is 0.00000432. The topological polar surface area (TPSA) is 44.9 Å². The van der Waals surface area contributed by atoms with Gasteiger partial charge in [0.1, 0.15) is 5.82 Å². The molecule has 7 aromatic rings. The van der Waals surface area contributed by atoms with Crippen molar-refractivity contribution >= 4 is 21.8 Å². The third-order valence-corrected chi connectivity index (χ3v) is 9.56. The minimum Gasteiger partial charge on any atom is -0.509 e. The van der Waals surface area contributed by atoms with Gasteiger partial charge in [0.15, 0.2) is 0 Å². The summed E-state index contributed by atoms with van der Waals surface area (Å²) in [7, 11) is 0. The first-order valence-electron chi connectivity index (χ1n) is 17.0. The van der Waals surface area contributed by atoms with Crippen molar-refractivity contribution in [3.8, 4) is 34.1 Å². The van der Waals surface area contributed by atoms with Crippen LogP contribution in [-0.2, 0) is 31.9 Å². The fraction of sp³-hybridized carbons (Fsp3) is 0.273. The van der Waals surface area contributed by atoms with Gasteiger partial charge >= 0.3 is 21.1 Å². The van der Waals surface area contributed by atoms with E-state index in [1.54, 1.807) is 0 Å². The van der Waals surface area contributed by atoms with Crippen molar-refractivity contribution in [2.75, 3.05) is 0 Å². The number of fused-ring (bicyclic) bond motifs is 3. The van der Waals surface area contributed by atoms with E-state index in [4.69, 9.17) is 14.8 Å². The second-order valence-electron chi connectivity index (χ2n) is 15.3. The van der Waals surface area contributed by atoms with Crippen molar-refractivity contribution in [2.45, 2.75) is 80.1 Å². The Bertz CT molecular complexity index is 2360. The number of hydrogen-bond acceptors (Lipinski definition) is 3. The molecule has 0 spiro atoms. The molecule has 256 valence electrons. The molecule has 0 radical (unpaired) electrons. The fourth-order valence-electron chi connectivity index (χ4n) is 6.88. The first kappa shape index (κ1) is 35.4. The summed E-state index contributed by atoms with van der Waals surface area (Å²) in [4.78, 5) is 4.83. The van der Waals surface area contributed by atoms with Crippen LogP contribution < -0.4 is 4.74 Å². The van der Waals surface area contributed by atoms with Crippen molar-refractivity contribution in [2.24, 2.45) is 0 Å². The van der Waals surface area contributed by atoms with E-state index in [1.807, 2.05) is 16.9 Å². The van der Waals surface area contributed by atoms with Crippen LogP contribution in [0.5, 0.6) is 11.5 Å². The standard InChI is InChI=1S/C44H44N4O.Pt/c1-27-14-13-15-28(2)41(27)42-29(3)46-48(30(42)4)33-22-32(44(8,9)10)23-35(25-33)49-34-18-19-37-36-16-11-12-17-38(36)47(39(37)26-34)40-24-31(20-21-45-40)43(5,6)7;/h11-24H,1-10H3;/q-2;+2. The Morgan fingerprint density at radius 1 is 0.660 bits per heavy atom. The average molecular weight is 840 g/mol. The predicted molar refractivity (Wildman–Crippen MR) is 202 cm³/mol. The smallest absolute Gasteiger partial charge is 0.509 e. The van der Waals surface area contributed by atoms with Crippen LogP contribution in [0.2, 0.25) is 0 Å². The van der Waals surface area contributed by atoms with E-state index in [2.05, 4.69) is 159 Å². The number of rotatable bonds is 5. The van der Waals surface area contributed by atoms with E-state index in [1.165, 1.54) is 27.8 Å². The molecule has 0 aliphatic heterocycles. The van der Waals surface area contributed by atoms with E-state index in [0.29, 0.717) is 11.5 Å². The molecule has 7 rings (SSSR count). The first-order chi connectivity index (χ1) is 23.2. The molecule has 0 aliphatic rings. The van der Waals surface area contributed by atoms with Crippen LogP contribution in [0.3, 0.4) is 0 Å². The van der Waals surface area contributed by atoms with Gasteiger partial charge in [0.05, 0.1) is 5.69 Å². The number of pyridine rings is 1. The van der Waals surface area contributed by atoms with Crippen molar-refractivity contribution < 1.29 is 25.8 Å². The maximum atomic E-state index is 6.66. The largest absolute Gasteiger partial charge is 2.00 e. The number of ether oxygens (including phenoxy) is 1. The van der Waals surface area contributed by atoms with Crippen LogP contribution in [0.15, 0.2) is 85.1 Å².